The predicted octanol–water partition coefficient (Wildman–Crippen LogP) is 2.16. The molecular weight excluding hydrogens is 178 g/mol. The smallest absolute Gasteiger partial charge is 0.129 e. The van der Waals surface area contributed by atoms with Gasteiger partial charge in [-0.2, -0.15) is 0 Å². The first-order valence-electron chi connectivity index (χ1n) is 4.95. The molecule has 0 spiro atoms. The summed E-state index contributed by atoms with van der Waals surface area (Å²) in [6.07, 6.45) is 1.53. The molecule has 0 saturated carbocycles. The van der Waals surface area contributed by atoms with Crippen LogP contribution in [0.3, 0.4) is 0 Å². The Labute approximate surface area is 86.1 Å². The van der Waals surface area contributed by atoms with Gasteiger partial charge in [0.15, 0.2) is 0 Å². The number of hydrogen-bond acceptors (Lipinski definition) is 3. The van der Waals surface area contributed by atoms with Crippen molar-refractivity contribution in [3.63, 3.8) is 0 Å². The molecule has 0 radical (unpaired) electrons. The van der Waals surface area contributed by atoms with E-state index in [9.17, 15) is 0 Å². The van der Waals surface area contributed by atoms with Crippen LogP contribution in [-0.2, 0) is 6.61 Å². The average Bonchev–Trinajstić information content (AvgIpc) is 2.53. The molecule has 0 aromatic carbocycles. The van der Waals surface area contributed by atoms with Crippen molar-refractivity contribution >= 4 is 0 Å². The molecule has 3 nitrogen and oxygen atoms in total. The van der Waals surface area contributed by atoms with Crippen LogP contribution in [0.1, 0.15) is 33.5 Å². The first-order chi connectivity index (χ1) is 6.56. The summed E-state index contributed by atoms with van der Waals surface area (Å²) in [6.45, 7) is 8.60. The van der Waals surface area contributed by atoms with Gasteiger partial charge < -0.3 is 14.8 Å². The van der Waals surface area contributed by atoms with Gasteiger partial charge in [-0.05, 0) is 12.1 Å². The normalized spacial score (nSPS) is 10.2. The lowest BCUT2D eigenvalue weighted by atomic mass is 10.3. The zero-order valence-corrected chi connectivity index (χ0v) is 9.45. The number of hydrogen-bond donors (Lipinski definition) is 2. The minimum atomic E-state index is -0.00694. The third kappa shape index (κ3) is 7.83. The Balaban J connectivity index is 0.000000241. The van der Waals surface area contributed by atoms with E-state index in [4.69, 9.17) is 9.52 Å². The van der Waals surface area contributed by atoms with Crippen LogP contribution in [0.25, 0.3) is 0 Å². The molecule has 0 atom stereocenters. The second-order valence-electron chi connectivity index (χ2n) is 3.71. The minimum absolute atomic E-state index is 0.00694. The van der Waals surface area contributed by atoms with Crippen molar-refractivity contribution in [2.24, 2.45) is 0 Å². The average molecular weight is 199 g/mol. The fraction of sp³-hybridized carbons (Fsp3) is 0.636. The molecule has 1 aromatic heterocycles. The van der Waals surface area contributed by atoms with E-state index >= 15 is 0 Å². The first kappa shape index (κ1) is 13.2. The highest BCUT2D eigenvalue weighted by molar-refractivity contribution is 4.95. The highest BCUT2D eigenvalue weighted by Gasteiger charge is 1.92. The van der Waals surface area contributed by atoms with E-state index in [1.54, 1.807) is 12.1 Å². The summed E-state index contributed by atoms with van der Waals surface area (Å²) in [5.74, 6) is 0.611. The first-order valence-corrected chi connectivity index (χ1v) is 4.95. The summed E-state index contributed by atoms with van der Waals surface area (Å²) in [7, 11) is 0. The summed E-state index contributed by atoms with van der Waals surface area (Å²) in [6, 6.07) is 4.71. The summed E-state index contributed by atoms with van der Waals surface area (Å²) in [5.41, 5.74) is 0. The molecule has 0 amide bonds. The number of rotatable bonds is 3. The van der Waals surface area contributed by atoms with Crippen LogP contribution >= 0.6 is 0 Å². The molecule has 0 aliphatic rings. The fourth-order valence-corrected chi connectivity index (χ4v) is 1.07. The van der Waals surface area contributed by atoms with Crippen LogP contribution in [0.4, 0.5) is 0 Å². The van der Waals surface area contributed by atoms with E-state index < -0.39 is 0 Å². The van der Waals surface area contributed by atoms with Crippen molar-refractivity contribution in [1.29, 1.82) is 0 Å². The second-order valence-corrected chi connectivity index (χ2v) is 3.71. The van der Waals surface area contributed by atoms with Crippen LogP contribution < -0.4 is 5.32 Å². The molecule has 3 heteroatoms. The van der Waals surface area contributed by atoms with Gasteiger partial charge in [-0.1, -0.05) is 27.7 Å². The highest BCUT2D eigenvalue weighted by Crippen LogP contribution is 1.96. The summed E-state index contributed by atoms with van der Waals surface area (Å²) in [4.78, 5) is 0. The standard InChI is InChI=1S/C6H15N.C5H6O2/c1-5(2)7-6(3)4;6-4-5-2-1-3-7-5/h5-7H,1-4H3;1-3,6H,4H2. The zero-order chi connectivity index (χ0) is 11.0. The van der Waals surface area contributed by atoms with Gasteiger partial charge >= 0.3 is 0 Å². The molecule has 82 valence electrons. The van der Waals surface area contributed by atoms with Crippen LogP contribution in [0, 0.1) is 0 Å². The Bertz CT molecular complexity index is 199. The molecule has 1 heterocycles. The van der Waals surface area contributed by atoms with Crippen LogP contribution in [0.15, 0.2) is 22.8 Å². The molecule has 0 fully saturated rings. The van der Waals surface area contributed by atoms with Crippen molar-refractivity contribution in [2.45, 2.75) is 46.4 Å². The quantitative estimate of drug-likeness (QED) is 0.784. The lowest BCUT2D eigenvalue weighted by Gasteiger charge is -2.10. The van der Waals surface area contributed by atoms with Gasteiger partial charge in [0.05, 0.1) is 6.26 Å². The Kier molecular flexibility index (Phi) is 7.16. The van der Waals surface area contributed by atoms with Crippen molar-refractivity contribution in [1.82, 2.24) is 5.32 Å². The molecule has 14 heavy (non-hydrogen) atoms. The molecule has 0 bridgehead atoms. The van der Waals surface area contributed by atoms with Gasteiger partial charge in [0.2, 0.25) is 0 Å². The topological polar surface area (TPSA) is 45.4 Å². The lowest BCUT2D eigenvalue weighted by molar-refractivity contribution is 0.247. The molecule has 1 rings (SSSR count). The van der Waals surface area contributed by atoms with Crippen LogP contribution in [-0.4, -0.2) is 17.2 Å². The van der Waals surface area contributed by atoms with E-state index in [0.717, 1.165) is 0 Å². The second kappa shape index (κ2) is 7.59. The molecular formula is C11H21NO2. The Morgan fingerprint density at radius 3 is 2.00 bits per heavy atom. The number of aliphatic hydroxyl groups excluding tert-OH is 1. The third-order valence-corrected chi connectivity index (χ3v) is 1.40. The van der Waals surface area contributed by atoms with Crippen molar-refractivity contribution in [3.05, 3.63) is 24.2 Å². The monoisotopic (exact) mass is 199 g/mol. The number of furan rings is 1. The molecule has 0 unspecified atom stereocenters. The SMILES string of the molecule is CC(C)NC(C)C.OCc1ccco1. The van der Waals surface area contributed by atoms with Gasteiger partial charge in [0, 0.05) is 12.1 Å². The van der Waals surface area contributed by atoms with Crippen molar-refractivity contribution in [3.8, 4) is 0 Å². The van der Waals surface area contributed by atoms with Gasteiger partial charge in [0.25, 0.3) is 0 Å². The Morgan fingerprint density at radius 2 is 1.86 bits per heavy atom. The van der Waals surface area contributed by atoms with Crippen molar-refractivity contribution in [2.75, 3.05) is 0 Å². The number of aliphatic hydroxyl groups is 1. The fourth-order valence-electron chi connectivity index (χ4n) is 1.07. The van der Waals surface area contributed by atoms with E-state index in [-0.39, 0.29) is 6.61 Å². The van der Waals surface area contributed by atoms with E-state index in [1.807, 2.05) is 0 Å². The van der Waals surface area contributed by atoms with Crippen molar-refractivity contribution < 1.29 is 9.52 Å². The molecule has 0 aliphatic heterocycles. The van der Waals surface area contributed by atoms with E-state index in [1.165, 1.54) is 6.26 Å². The minimum Gasteiger partial charge on any atom is -0.467 e. The van der Waals surface area contributed by atoms with Crippen LogP contribution in [0.5, 0.6) is 0 Å². The molecule has 2 N–H and O–H groups in total. The maximum atomic E-state index is 8.33. The van der Waals surface area contributed by atoms with Crippen LogP contribution in [0.2, 0.25) is 0 Å². The Morgan fingerprint density at radius 1 is 1.29 bits per heavy atom. The number of nitrogens with one attached hydrogen (secondary N) is 1. The largest absolute Gasteiger partial charge is 0.467 e. The summed E-state index contributed by atoms with van der Waals surface area (Å²) < 4.78 is 4.73. The predicted molar refractivity (Wildman–Crippen MR) is 58.0 cm³/mol. The van der Waals surface area contributed by atoms with E-state index in [0.29, 0.717) is 17.8 Å². The maximum absolute atomic E-state index is 8.33. The molecule has 1 aromatic rings. The van der Waals surface area contributed by atoms with Gasteiger partial charge in [-0.15, -0.1) is 0 Å². The van der Waals surface area contributed by atoms with Gasteiger partial charge in [-0.25, -0.2) is 0 Å². The third-order valence-electron chi connectivity index (χ3n) is 1.40. The highest BCUT2D eigenvalue weighted by atomic mass is 16.4. The molecule has 0 aliphatic carbocycles. The Hall–Kier alpha value is -0.800. The molecule has 0 saturated heterocycles. The van der Waals surface area contributed by atoms with Gasteiger partial charge in [-0.3, -0.25) is 0 Å². The van der Waals surface area contributed by atoms with E-state index in [2.05, 4.69) is 33.0 Å². The summed E-state index contributed by atoms with van der Waals surface area (Å²) >= 11 is 0. The maximum Gasteiger partial charge on any atom is 0.129 e. The summed E-state index contributed by atoms with van der Waals surface area (Å²) in [5, 5.41) is 11.6. The van der Waals surface area contributed by atoms with Gasteiger partial charge in [0.1, 0.15) is 12.4 Å². The lowest BCUT2D eigenvalue weighted by Crippen LogP contribution is -2.29. The zero-order valence-electron chi connectivity index (χ0n) is 9.45.